The molecule has 1 aliphatic rings. The summed E-state index contributed by atoms with van der Waals surface area (Å²) < 4.78 is 42.7. The molecule has 0 spiro atoms. The maximum atomic E-state index is 14.1. The summed E-state index contributed by atoms with van der Waals surface area (Å²) in [6.07, 6.45) is 1.92. The first kappa shape index (κ1) is 30.0. The molecule has 0 fully saturated rings. The van der Waals surface area contributed by atoms with Crippen LogP contribution in [0.1, 0.15) is 52.7 Å². The molecule has 1 unspecified atom stereocenters. The van der Waals surface area contributed by atoms with Crippen molar-refractivity contribution in [2.45, 2.75) is 32.3 Å². The van der Waals surface area contributed by atoms with Gasteiger partial charge in [0.1, 0.15) is 41.3 Å². The Morgan fingerprint density at radius 1 is 0.977 bits per heavy atom. The van der Waals surface area contributed by atoms with Crippen LogP contribution in [0.15, 0.2) is 96.4 Å². The fourth-order valence-corrected chi connectivity index (χ4v) is 4.81. The van der Waals surface area contributed by atoms with Gasteiger partial charge in [0, 0.05) is 17.2 Å². The van der Waals surface area contributed by atoms with Crippen LogP contribution in [-0.4, -0.2) is 19.7 Å². The summed E-state index contributed by atoms with van der Waals surface area (Å²) in [4.78, 5) is 12.9. The zero-order valence-corrected chi connectivity index (χ0v) is 24.3. The normalized spacial score (nSPS) is 13.7. The fraction of sp³-hybridized carbons (Fsp3) is 0.200. The number of halogens is 1. The molecule has 4 aromatic carbocycles. The van der Waals surface area contributed by atoms with Gasteiger partial charge in [-0.25, -0.2) is 9.18 Å². The standard InChI is InChI=1S/C35H31FN2O6/c1-3-4-16-41-25-10-7-9-23(17-25)35(39)43-26-13-14-27-31(19-26)44-34(38)28(20-37)33(27)22-12-15-30(32(18-22)40-2)42-21-24-8-5-6-11-29(24)36/h5-15,17-19,33H,3-4,16,21,38H2,1-2H3. The van der Waals surface area contributed by atoms with E-state index in [1.165, 1.54) is 13.2 Å². The van der Waals surface area contributed by atoms with Gasteiger partial charge in [-0.3, -0.25) is 0 Å². The summed E-state index contributed by atoms with van der Waals surface area (Å²) in [5, 5.41) is 9.99. The number of nitrogens with two attached hydrogens (primary N) is 1. The topological polar surface area (TPSA) is 113 Å². The average molecular weight is 595 g/mol. The Kier molecular flexibility index (Phi) is 9.31. The molecule has 0 amide bonds. The molecular weight excluding hydrogens is 563 g/mol. The number of carbonyl (C=O) groups is 1. The number of methoxy groups -OCH3 is 1. The van der Waals surface area contributed by atoms with Gasteiger partial charge < -0.3 is 29.4 Å². The van der Waals surface area contributed by atoms with Crippen molar-refractivity contribution in [3.05, 3.63) is 124 Å². The maximum absolute atomic E-state index is 14.1. The SMILES string of the molecule is CCCCOc1cccc(C(=O)Oc2ccc3c(c2)OC(N)=C(C#N)C3c2ccc(OCc3ccccc3F)c(OC)c2)c1. The van der Waals surface area contributed by atoms with Gasteiger partial charge in [-0.15, -0.1) is 0 Å². The summed E-state index contributed by atoms with van der Waals surface area (Å²) in [5.74, 6) is 0.388. The van der Waals surface area contributed by atoms with Gasteiger partial charge >= 0.3 is 5.97 Å². The van der Waals surface area contributed by atoms with Gasteiger partial charge in [0.2, 0.25) is 5.88 Å². The van der Waals surface area contributed by atoms with Crippen molar-refractivity contribution >= 4 is 5.97 Å². The minimum Gasteiger partial charge on any atom is -0.494 e. The highest BCUT2D eigenvalue weighted by Gasteiger charge is 2.32. The van der Waals surface area contributed by atoms with E-state index in [4.69, 9.17) is 29.4 Å². The molecule has 4 aromatic rings. The first-order valence-electron chi connectivity index (χ1n) is 14.1. The van der Waals surface area contributed by atoms with E-state index >= 15 is 0 Å². The second-order valence-electron chi connectivity index (χ2n) is 10.0. The number of rotatable bonds is 11. The number of esters is 1. The lowest BCUT2D eigenvalue weighted by atomic mass is 9.83. The zero-order valence-electron chi connectivity index (χ0n) is 24.3. The van der Waals surface area contributed by atoms with E-state index in [0.29, 0.717) is 51.9 Å². The van der Waals surface area contributed by atoms with Crippen LogP contribution in [0.25, 0.3) is 0 Å². The lowest BCUT2D eigenvalue weighted by Gasteiger charge is -2.27. The Bertz CT molecular complexity index is 1750. The van der Waals surface area contributed by atoms with Gasteiger partial charge in [-0.2, -0.15) is 5.26 Å². The molecule has 1 heterocycles. The van der Waals surface area contributed by atoms with Crippen molar-refractivity contribution in [1.82, 2.24) is 0 Å². The number of benzene rings is 4. The minimum atomic E-state index is -0.597. The Hall–Kier alpha value is -5.49. The van der Waals surface area contributed by atoms with Crippen molar-refractivity contribution in [3.8, 4) is 34.8 Å². The molecule has 5 rings (SSSR count). The zero-order chi connectivity index (χ0) is 31.1. The third-order valence-corrected chi connectivity index (χ3v) is 7.10. The summed E-state index contributed by atoms with van der Waals surface area (Å²) in [5.41, 5.74) is 8.48. The molecule has 0 radical (unpaired) electrons. The average Bonchev–Trinajstić information content (AvgIpc) is 3.04. The van der Waals surface area contributed by atoms with Crippen LogP contribution in [0.2, 0.25) is 0 Å². The van der Waals surface area contributed by atoms with Gasteiger partial charge in [0.25, 0.3) is 0 Å². The Labute approximate surface area is 255 Å². The van der Waals surface area contributed by atoms with Crippen LogP contribution < -0.4 is 29.4 Å². The monoisotopic (exact) mass is 594 g/mol. The number of hydrogen-bond acceptors (Lipinski definition) is 8. The molecule has 0 saturated carbocycles. The van der Waals surface area contributed by atoms with E-state index in [1.54, 1.807) is 78.9 Å². The van der Waals surface area contributed by atoms with Crippen LogP contribution in [0.4, 0.5) is 4.39 Å². The van der Waals surface area contributed by atoms with E-state index in [1.807, 2.05) is 0 Å². The molecule has 1 atom stereocenters. The first-order valence-corrected chi connectivity index (χ1v) is 14.1. The number of carbonyl (C=O) groups excluding carboxylic acids is 1. The maximum Gasteiger partial charge on any atom is 0.343 e. The van der Waals surface area contributed by atoms with Crippen molar-refractivity contribution in [3.63, 3.8) is 0 Å². The highest BCUT2D eigenvalue weighted by molar-refractivity contribution is 5.91. The van der Waals surface area contributed by atoms with Crippen molar-refractivity contribution in [2.24, 2.45) is 5.73 Å². The number of nitriles is 1. The predicted molar refractivity (Wildman–Crippen MR) is 161 cm³/mol. The first-order chi connectivity index (χ1) is 21.4. The molecule has 0 bridgehead atoms. The van der Waals surface area contributed by atoms with Crippen LogP contribution >= 0.6 is 0 Å². The number of fused-ring (bicyclic) bond motifs is 1. The summed E-state index contributed by atoms with van der Waals surface area (Å²) in [6.45, 7) is 2.65. The fourth-order valence-electron chi connectivity index (χ4n) is 4.81. The second kappa shape index (κ2) is 13.7. The van der Waals surface area contributed by atoms with Gasteiger partial charge in [-0.05, 0) is 54.4 Å². The molecule has 2 N–H and O–H groups in total. The quantitative estimate of drug-likeness (QED) is 0.112. The number of unbranched alkanes of at least 4 members (excludes halogenated alkanes) is 1. The summed E-state index contributed by atoms with van der Waals surface area (Å²) >= 11 is 0. The third kappa shape index (κ3) is 6.60. The van der Waals surface area contributed by atoms with Crippen molar-refractivity contribution in [2.75, 3.05) is 13.7 Å². The van der Waals surface area contributed by atoms with Crippen LogP contribution in [-0.2, 0) is 6.61 Å². The summed E-state index contributed by atoms with van der Waals surface area (Å²) in [6, 6.07) is 25.5. The van der Waals surface area contributed by atoms with E-state index in [-0.39, 0.29) is 29.6 Å². The van der Waals surface area contributed by atoms with Crippen molar-refractivity contribution in [1.29, 1.82) is 5.26 Å². The molecule has 0 aliphatic carbocycles. The van der Waals surface area contributed by atoms with Gasteiger partial charge in [0.05, 0.1) is 25.2 Å². The highest BCUT2D eigenvalue weighted by atomic mass is 19.1. The largest absolute Gasteiger partial charge is 0.494 e. The van der Waals surface area contributed by atoms with Crippen LogP contribution in [0.5, 0.6) is 28.7 Å². The highest BCUT2D eigenvalue weighted by Crippen LogP contribution is 2.45. The molecule has 9 heteroatoms. The molecular formula is C35H31FN2O6. The second-order valence-corrected chi connectivity index (χ2v) is 10.0. The molecule has 8 nitrogen and oxygen atoms in total. The molecule has 44 heavy (non-hydrogen) atoms. The number of nitrogens with zero attached hydrogens (tertiary/aromatic N) is 1. The van der Waals surface area contributed by atoms with E-state index in [9.17, 15) is 14.4 Å². The lowest BCUT2D eigenvalue weighted by Crippen LogP contribution is -2.21. The van der Waals surface area contributed by atoms with Gasteiger partial charge in [-0.1, -0.05) is 49.7 Å². The van der Waals surface area contributed by atoms with E-state index in [0.717, 1.165) is 12.8 Å². The molecule has 1 aliphatic heterocycles. The Morgan fingerprint density at radius 2 is 1.82 bits per heavy atom. The minimum absolute atomic E-state index is 0.0104. The Balaban J connectivity index is 1.38. The number of hydrogen-bond donors (Lipinski definition) is 1. The van der Waals surface area contributed by atoms with Gasteiger partial charge in [0.15, 0.2) is 11.5 Å². The van der Waals surface area contributed by atoms with Crippen LogP contribution in [0.3, 0.4) is 0 Å². The molecule has 224 valence electrons. The summed E-state index contributed by atoms with van der Waals surface area (Å²) in [7, 11) is 1.50. The third-order valence-electron chi connectivity index (χ3n) is 7.10. The lowest BCUT2D eigenvalue weighted by molar-refractivity contribution is 0.0734. The molecule has 0 aromatic heterocycles. The number of ether oxygens (including phenoxy) is 5. The number of allylic oxidation sites excluding steroid dienone is 1. The Morgan fingerprint density at radius 3 is 2.59 bits per heavy atom. The molecule has 0 saturated heterocycles. The smallest absolute Gasteiger partial charge is 0.343 e. The predicted octanol–water partition coefficient (Wildman–Crippen LogP) is 7.03. The van der Waals surface area contributed by atoms with Crippen molar-refractivity contribution < 1.29 is 32.9 Å². The van der Waals surface area contributed by atoms with Crippen LogP contribution in [0, 0.1) is 17.1 Å². The van der Waals surface area contributed by atoms with E-state index < -0.39 is 11.9 Å². The van der Waals surface area contributed by atoms with E-state index in [2.05, 4.69) is 13.0 Å².